The summed E-state index contributed by atoms with van der Waals surface area (Å²) in [6.45, 7) is 1.50. The molecule has 0 atom stereocenters. The SMILES string of the molecule is O=C1NCCC2=C1C=C(c1ccccc1)CN2c1ccccc1. The van der Waals surface area contributed by atoms with E-state index in [4.69, 9.17) is 0 Å². The van der Waals surface area contributed by atoms with E-state index in [1.54, 1.807) is 0 Å². The lowest BCUT2D eigenvalue weighted by atomic mass is 9.93. The van der Waals surface area contributed by atoms with Crippen molar-refractivity contribution in [2.75, 3.05) is 18.0 Å². The van der Waals surface area contributed by atoms with E-state index < -0.39 is 0 Å². The molecule has 0 unspecified atom stereocenters. The summed E-state index contributed by atoms with van der Waals surface area (Å²) in [6.07, 6.45) is 2.92. The largest absolute Gasteiger partial charge is 0.352 e. The molecule has 0 saturated heterocycles. The van der Waals surface area contributed by atoms with Crippen molar-refractivity contribution in [2.24, 2.45) is 0 Å². The number of rotatable bonds is 2. The first-order valence-electron chi connectivity index (χ1n) is 7.93. The van der Waals surface area contributed by atoms with Crippen molar-refractivity contribution in [3.63, 3.8) is 0 Å². The number of hydrogen-bond donors (Lipinski definition) is 1. The maximum absolute atomic E-state index is 12.3. The van der Waals surface area contributed by atoms with Crippen LogP contribution in [-0.4, -0.2) is 19.0 Å². The molecule has 2 aliphatic heterocycles. The number of carbonyl (C=O) groups excluding carboxylic acids is 1. The van der Waals surface area contributed by atoms with Crippen LogP contribution in [0.25, 0.3) is 5.57 Å². The second kappa shape index (κ2) is 5.76. The topological polar surface area (TPSA) is 32.3 Å². The average molecular weight is 302 g/mol. The third-order valence-corrected chi connectivity index (χ3v) is 4.39. The quantitative estimate of drug-likeness (QED) is 0.922. The number of para-hydroxylation sites is 1. The molecule has 2 aliphatic rings. The van der Waals surface area contributed by atoms with Gasteiger partial charge >= 0.3 is 0 Å². The van der Waals surface area contributed by atoms with E-state index in [1.165, 1.54) is 11.1 Å². The number of carbonyl (C=O) groups is 1. The molecule has 0 bridgehead atoms. The zero-order chi connectivity index (χ0) is 15.6. The molecular formula is C20H18N2O. The number of benzene rings is 2. The van der Waals surface area contributed by atoms with Gasteiger partial charge in [-0.1, -0.05) is 48.5 Å². The van der Waals surface area contributed by atoms with Crippen LogP contribution >= 0.6 is 0 Å². The van der Waals surface area contributed by atoms with Crippen LogP contribution < -0.4 is 10.2 Å². The van der Waals surface area contributed by atoms with Crippen LogP contribution in [0.2, 0.25) is 0 Å². The molecule has 0 aliphatic carbocycles. The first-order valence-corrected chi connectivity index (χ1v) is 7.93. The van der Waals surface area contributed by atoms with Crippen molar-refractivity contribution < 1.29 is 4.79 Å². The normalized spacial score (nSPS) is 17.5. The van der Waals surface area contributed by atoms with Crippen LogP contribution in [0.15, 0.2) is 78.0 Å². The third kappa shape index (κ3) is 2.55. The van der Waals surface area contributed by atoms with Crippen molar-refractivity contribution >= 4 is 17.2 Å². The molecule has 2 aromatic carbocycles. The van der Waals surface area contributed by atoms with Crippen molar-refractivity contribution in [1.82, 2.24) is 5.32 Å². The van der Waals surface area contributed by atoms with Gasteiger partial charge in [-0.2, -0.15) is 0 Å². The van der Waals surface area contributed by atoms with Gasteiger partial charge in [0.05, 0.1) is 5.57 Å². The first-order chi connectivity index (χ1) is 11.3. The summed E-state index contributed by atoms with van der Waals surface area (Å²) in [6, 6.07) is 20.6. The Morgan fingerprint density at radius 2 is 1.61 bits per heavy atom. The molecule has 2 aromatic rings. The molecule has 0 saturated carbocycles. The maximum Gasteiger partial charge on any atom is 0.253 e. The highest BCUT2D eigenvalue weighted by Gasteiger charge is 2.28. The fourth-order valence-corrected chi connectivity index (χ4v) is 3.25. The Kier molecular flexibility index (Phi) is 3.46. The highest BCUT2D eigenvalue weighted by Crippen LogP contribution is 2.34. The summed E-state index contributed by atoms with van der Waals surface area (Å²) in [7, 11) is 0. The van der Waals surface area contributed by atoms with Gasteiger partial charge in [-0.15, -0.1) is 0 Å². The van der Waals surface area contributed by atoms with Gasteiger partial charge in [-0.05, 0) is 29.3 Å². The minimum absolute atomic E-state index is 0.0281. The van der Waals surface area contributed by atoms with Crippen LogP contribution in [0, 0.1) is 0 Å². The predicted octanol–water partition coefficient (Wildman–Crippen LogP) is 3.36. The van der Waals surface area contributed by atoms with Gasteiger partial charge in [-0.3, -0.25) is 4.79 Å². The second-order valence-electron chi connectivity index (χ2n) is 5.82. The third-order valence-electron chi connectivity index (χ3n) is 4.39. The van der Waals surface area contributed by atoms with E-state index in [2.05, 4.69) is 40.6 Å². The highest BCUT2D eigenvalue weighted by molar-refractivity contribution is 6.02. The molecule has 2 heterocycles. The monoisotopic (exact) mass is 302 g/mol. The lowest BCUT2D eigenvalue weighted by molar-refractivity contribution is -0.117. The first kappa shape index (κ1) is 13.8. The summed E-state index contributed by atoms with van der Waals surface area (Å²) >= 11 is 0. The Labute approximate surface area is 135 Å². The van der Waals surface area contributed by atoms with Gasteiger partial charge in [-0.25, -0.2) is 0 Å². The molecule has 0 aromatic heterocycles. The summed E-state index contributed by atoms with van der Waals surface area (Å²) in [5, 5.41) is 2.96. The van der Waals surface area contributed by atoms with Gasteiger partial charge in [0.2, 0.25) is 0 Å². The van der Waals surface area contributed by atoms with Crippen LogP contribution in [0.5, 0.6) is 0 Å². The molecule has 0 spiro atoms. The molecule has 0 radical (unpaired) electrons. The van der Waals surface area contributed by atoms with E-state index in [0.29, 0.717) is 6.54 Å². The zero-order valence-electron chi connectivity index (χ0n) is 12.8. The molecule has 3 heteroatoms. The van der Waals surface area contributed by atoms with Crippen LogP contribution in [0.4, 0.5) is 5.69 Å². The summed E-state index contributed by atoms with van der Waals surface area (Å²) in [5.41, 5.74) is 5.39. The fourth-order valence-electron chi connectivity index (χ4n) is 3.25. The second-order valence-corrected chi connectivity index (χ2v) is 5.82. The smallest absolute Gasteiger partial charge is 0.253 e. The van der Waals surface area contributed by atoms with Crippen LogP contribution in [-0.2, 0) is 4.79 Å². The molecule has 23 heavy (non-hydrogen) atoms. The molecule has 4 rings (SSSR count). The van der Waals surface area contributed by atoms with E-state index in [9.17, 15) is 4.79 Å². The van der Waals surface area contributed by atoms with Crippen molar-refractivity contribution in [3.05, 3.63) is 83.6 Å². The molecule has 3 nitrogen and oxygen atoms in total. The minimum Gasteiger partial charge on any atom is -0.352 e. The van der Waals surface area contributed by atoms with Gasteiger partial charge in [0.15, 0.2) is 0 Å². The predicted molar refractivity (Wildman–Crippen MR) is 92.9 cm³/mol. The minimum atomic E-state index is 0.0281. The molecule has 114 valence electrons. The Hall–Kier alpha value is -2.81. The Bertz CT molecular complexity index is 791. The summed E-state index contributed by atoms with van der Waals surface area (Å²) < 4.78 is 0. The highest BCUT2D eigenvalue weighted by atomic mass is 16.1. The Morgan fingerprint density at radius 3 is 2.35 bits per heavy atom. The molecule has 1 N–H and O–H groups in total. The van der Waals surface area contributed by atoms with Gasteiger partial charge in [0.1, 0.15) is 0 Å². The zero-order valence-corrected chi connectivity index (χ0v) is 12.8. The standard InChI is InChI=1S/C20H18N2O/c23-20-18-13-16(15-7-3-1-4-8-15)14-22(19(18)11-12-21-20)17-9-5-2-6-10-17/h1-10,13H,11-12,14H2,(H,21,23). The maximum atomic E-state index is 12.3. The number of nitrogens with one attached hydrogen (secondary N) is 1. The average Bonchev–Trinajstić information content (AvgIpc) is 2.63. The van der Waals surface area contributed by atoms with E-state index in [0.717, 1.165) is 29.9 Å². The lowest BCUT2D eigenvalue weighted by Crippen LogP contribution is -2.39. The number of hydrogen-bond acceptors (Lipinski definition) is 2. The van der Waals surface area contributed by atoms with Crippen LogP contribution in [0.1, 0.15) is 12.0 Å². The lowest BCUT2D eigenvalue weighted by Gasteiger charge is -2.36. The summed E-state index contributed by atoms with van der Waals surface area (Å²) in [5.74, 6) is 0.0281. The van der Waals surface area contributed by atoms with E-state index >= 15 is 0 Å². The van der Waals surface area contributed by atoms with Gasteiger partial charge in [0.25, 0.3) is 5.91 Å². The van der Waals surface area contributed by atoms with Gasteiger partial charge < -0.3 is 10.2 Å². The van der Waals surface area contributed by atoms with Crippen LogP contribution in [0.3, 0.4) is 0 Å². The van der Waals surface area contributed by atoms with Gasteiger partial charge in [0, 0.05) is 30.9 Å². The number of amides is 1. The fraction of sp³-hybridized carbons (Fsp3) is 0.150. The van der Waals surface area contributed by atoms with Crippen molar-refractivity contribution in [3.8, 4) is 0 Å². The Balaban J connectivity index is 1.83. The number of anilines is 1. The van der Waals surface area contributed by atoms with E-state index in [-0.39, 0.29) is 5.91 Å². The Morgan fingerprint density at radius 1 is 0.913 bits per heavy atom. The van der Waals surface area contributed by atoms with Crippen molar-refractivity contribution in [2.45, 2.75) is 6.42 Å². The molecule has 0 fully saturated rings. The summed E-state index contributed by atoms with van der Waals surface area (Å²) in [4.78, 5) is 14.6. The molecule has 1 amide bonds. The van der Waals surface area contributed by atoms with Crippen molar-refractivity contribution in [1.29, 1.82) is 0 Å². The molecular weight excluding hydrogens is 284 g/mol. The van der Waals surface area contributed by atoms with E-state index in [1.807, 2.05) is 36.4 Å². The number of nitrogens with zero attached hydrogens (tertiary/aromatic N) is 1.